The molecule has 0 amide bonds. The molecule has 1 aromatic heterocycles. The Morgan fingerprint density at radius 3 is 2.65 bits per heavy atom. The highest BCUT2D eigenvalue weighted by molar-refractivity contribution is 5.71. The number of aromatic nitrogens is 1. The lowest BCUT2D eigenvalue weighted by molar-refractivity contribution is 0.727. The third kappa shape index (κ3) is 3.09. The monoisotopic (exact) mass is 307 g/mol. The van der Waals surface area contributed by atoms with Crippen LogP contribution in [0.1, 0.15) is 24.8 Å². The molecule has 2 N–H and O–H groups in total. The normalized spacial score (nSPS) is 14.0. The second kappa shape index (κ2) is 6.07. The average molecular weight is 307 g/mol. The molecule has 0 radical (unpaired) electrons. The maximum absolute atomic E-state index is 8.49. The minimum atomic E-state index is 0.481. The van der Waals surface area contributed by atoms with Crippen LogP contribution in [-0.2, 0) is 13.5 Å². The third-order valence-corrected chi connectivity index (χ3v) is 4.88. The van der Waals surface area contributed by atoms with Crippen molar-refractivity contribution in [1.29, 1.82) is 5.41 Å². The summed E-state index contributed by atoms with van der Waals surface area (Å²) in [5.41, 5.74) is 4.47. The number of benzene rings is 1. The van der Waals surface area contributed by atoms with E-state index in [1.807, 2.05) is 24.9 Å². The summed E-state index contributed by atoms with van der Waals surface area (Å²) < 4.78 is 1.96. The van der Waals surface area contributed by atoms with Gasteiger partial charge in [0.1, 0.15) is 0 Å². The smallest absolute Gasteiger partial charge is 0.0720 e. The Hall–Kier alpha value is -2.29. The van der Waals surface area contributed by atoms with Crippen LogP contribution < -0.4 is 21.2 Å². The van der Waals surface area contributed by atoms with Crippen molar-refractivity contribution in [2.45, 2.75) is 25.7 Å². The van der Waals surface area contributed by atoms with Gasteiger partial charge in [0.25, 0.3) is 0 Å². The van der Waals surface area contributed by atoms with E-state index in [9.17, 15) is 0 Å². The molecule has 1 saturated carbocycles. The van der Waals surface area contributed by atoms with Crippen LogP contribution in [0, 0.1) is 11.3 Å². The summed E-state index contributed by atoms with van der Waals surface area (Å²) in [7, 11) is 3.89. The van der Waals surface area contributed by atoms with Gasteiger partial charge in [-0.15, -0.1) is 0 Å². The molecule has 120 valence electrons. The van der Waals surface area contributed by atoms with Gasteiger partial charge in [0.15, 0.2) is 0 Å². The number of aryl methyl sites for hydroxylation is 2. The van der Waals surface area contributed by atoms with E-state index >= 15 is 0 Å². The molecule has 0 atom stereocenters. The number of nitrogens with zero attached hydrogens (tertiary/aromatic N) is 1. The van der Waals surface area contributed by atoms with Crippen LogP contribution >= 0.6 is 0 Å². The van der Waals surface area contributed by atoms with Crippen molar-refractivity contribution in [2.75, 3.05) is 12.4 Å². The lowest BCUT2D eigenvalue weighted by atomic mass is 9.95. The van der Waals surface area contributed by atoms with Crippen LogP contribution in [0.5, 0.6) is 0 Å². The highest BCUT2D eigenvalue weighted by atomic mass is 14.9. The number of hydrogen-bond donors (Lipinski definition) is 2. The summed E-state index contributed by atoms with van der Waals surface area (Å²) in [5, 5.41) is 13.7. The molecule has 1 aliphatic rings. The Labute approximate surface area is 137 Å². The summed E-state index contributed by atoms with van der Waals surface area (Å²) in [5.74, 6) is 0.907. The standard InChI is InChI=1S/C20H25N3/c1-13-14(2)23(4)12-19(20(13)21)18-11-17(22-3)10-9-16(18)8-7-15-5-6-15/h9-12,15,21-22H,1-2,5-8H2,3-4H3. The number of anilines is 1. The molecule has 0 unspecified atom stereocenters. The van der Waals surface area contributed by atoms with E-state index in [1.54, 1.807) is 0 Å². The molecule has 1 aliphatic carbocycles. The average Bonchev–Trinajstić information content (AvgIpc) is 3.38. The van der Waals surface area contributed by atoms with Gasteiger partial charge in [-0.25, -0.2) is 0 Å². The van der Waals surface area contributed by atoms with Gasteiger partial charge in [-0.2, -0.15) is 0 Å². The molecular weight excluding hydrogens is 282 g/mol. The van der Waals surface area contributed by atoms with E-state index in [-0.39, 0.29) is 0 Å². The number of hydrogen-bond acceptors (Lipinski definition) is 2. The zero-order valence-electron chi connectivity index (χ0n) is 14.1. The second-order valence-corrected chi connectivity index (χ2v) is 6.56. The molecule has 0 bridgehead atoms. The first-order valence-corrected chi connectivity index (χ1v) is 8.24. The molecule has 1 aromatic carbocycles. The molecule has 23 heavy (non-hydrogen) atoms. The summed E-state index contributed by atoms with van der Waals surface area (Å²) in [6.07, 6.45) is 7.08. The minimum absolute atomic E-state index is 0.481. The lowest BCUT2D eigenvalue weighted by Crippen LogP contribution is -2.43. The Morgan fingerprint density at radius 2 is 2.00 bits per heavy atom. The quantitative estimate of drug-likeness (QED) is 0.875. The summed E-state index contributed by atoms with van der Waals surface area (Å²) in [6.45, 7) is 8.04. The molecule has 0 aliphatic heterocycles. The summed E-state index contributed by atoms with van der Waals surface area (Å²) in [4.78, 5) is 0. The summed E-state index contributed by atoms with van der Waals surface area (Å²) >= 11 is 0. The molecule has 3 nitrogen and oxygen atoms in total. The van der Waals surface area contributed by atoms with Gasteiger partial charge in [-0.05, 0) is 42.0 Å². The molecule has 2 aromatic rings. The zero-order chi connectivity index (χ0) is 16.6. The largest absolute Gasteiger partial charge is 0.388 e. The van der Waals surface area contributed by atoms with Gasteiger partial charge in [0.05, 0.1) is 5.36 Å². The Balaban J connectivity index is 2.15. The van der Waals surface area contributed by atoms with Crippen molar-refractivity contribution in [3.63, 3.8) is 0 Å². The van der Waals surface area contributed by atoms with E-state index in [1.165, 1.54) is 24.8 Å². The first-order chi connectivity index (χ1) is 11.0. The van der Waals surface area contributed by atoms with E-state index in [0.717, 1.165) is 34.5 Å². The van der Waals surface area contributed by atoms with Gasteiger partial charge in [-0.1, -0.05) is 32.1 Å². The van der Waals surface area contributed by atoms with E-state index in [0.29, 0.717) is 10.6 Å². The molecule has 0 spiro atoms. The van der Waals surface area contributed by atoms with Crippen LogP contribution in [-0.4, -0.2) is 11.6 Å². The Kier molecular flexibility index (Phi) is 4.12. The van der Waals surface area contributed by atoms with Gasteiger partial charge in [-0.3, -0.25) is 5.41 Å². The van der Waals surface area contributed by atoms with Crippen LogP contribution in [0.2, 0.25) is 0 Å². The molecular formula is C20H25N3. The molecule has 3 heteroatoms. The van der Waals surface area contributed by atoms with Gasteiger partial charge < -0.3 is 9.88 Å². The fourth-order valence-electron chi connectivity index (χ4n) is 3.03. The Bertz CT molecular complexity index is 888. The van der Waals surface area contributed by atoms with Gasteiger partial charge in [0.2, 0.25) is 0 Å². The third-order valence-electron chi connectivity index (χ3n) is 4.88. The number of nitrogens with one attached hydrogen (secondary N) is 2. The SMILES string of the molecule is C=c1c(=N)c(-c2cc(NC)ccc2CCC2CC2)cn(C)c1=C. The fraction of sp³-hybridized carbons (Fsp3) is 0.350. The van der Waals surface area contributed by atoms with Crippen molar-refractivity contribution in [3.05, 3.63) is 45.9 Å². The lowest BCUT2D eigenvalue weighted by Gasteiger charge is -2.14. The van der Waals surface area contributed by atoms with Crippen molar-refractivity contribution in [1.82, 2.24) is 4.57 Å². The minimum Gasteiger partial charge on any atom is -0.388 e. The van der Waals surface area contributed by atoms with Crippen molar-refractivity contribution in [3.8, 4) is 11.1 Å². The molecule has 0 saturated heterocycles. The topological polar surface area (TPSA) is 40.8 Å². The zero-order valence-corrected chi connectivity index (χ0v) is 14.1. The summed E-state index contributed by atoms with van der Waals surface area (Å²) in [6, 6.07) is 6.47. The van der Waals surface area contributed by atoms with Gasteiger partial charge >= 0.3 is 0 Å². The molecule has 1 fully saturated rings. The van der Waals surface area contributed by atoms with E-state index in [4.69, 9.17) is 5.41 Å². The number of rotatable bonds is 5. The van der Waals surface area contributed by atoms with E-state index < -0.39 is 0 Å². The number of pyridine rings is 1. The maximum atomic E-state index is 8.49. The maximum Gasteiger partial charge on any atom is 0.0720 e. The first kappa shape index (κ1) is 15.6. The molecule has 1 heterocycles. The molecule has 3 rings (SSSR count). The van der Waals surface area contributed by atoms with Crippen molar-refractivity contribution >= 4 is 18.8 Å². The fourth-order valence-corrected chi connectivity index (χ4v) is 3.03. The van der Waals surface area contributed by atoms with Crippen LogP contribution in [0.15, 0.2) is 24.4 Å². The van der Waals surface area contributed by atoms with E-state index in [2.05, 4.69) is 36.7 Å². The van der Waals surface area contributed by atoms with Crippen LogP contribution in [0.25, 0.3) is 24.3 Å². The second-order valence-electron chi connectivity index (χ2n) is 6.56. The first-order valence-electron chi connectivity index (χ1n) is 8.24. The Morgan fingerprint density at radius 1 is 1.26 bits per heavy atom. The highest BCUT2D eigenvalue weighted by Crippen LogP contribution is 2.35. The van der Waals surface area contributed by atoms with Crippen molar-refractivity contribution < 1.29 is 0 Å². The van der Waals surface area contributed by atoms with Crippen LogP contribution in [0.4, 0.5) is 5.69 Å². The predicted octanol–water partition coefficient (Wildman–Crippen LogP) is 2.38. The van der Waals surface area contributed by atoms with Gasteiger partial charge in [0, 0.05) is 42.1 Å². The predicted molar refractivity (Wildman–Crippen MR) is 97.6 cm³/mol. The van der Waals surface area contributed by atoms with Crippen molar-refractivity contribution in [2.24, 2.45) is 13.0 Å². The van der Waals surface area contributed by atoms with Crippen LogP contribution in [0.3, 0.4) is 0 Å². The highest BCUT2D eigenvalue weighted by Gasteiger charge is 2.21.